The van der Waals surface area contributed by atoms with Crippen LogP contribution in [0.2, 0.25) is 4.34 Å². The number of halogens is 2. The van der Waals surface area contributed by atoms with Crippen molar-refractivity contribution in [2.45, 2.75) is 6.10 Å². The predicted octanol–water partition coefficient (Wildman–Crippen LogP) is 3.75. The van der Waals surface area contributed by atoms with Gasteiger partial charge in [0.1, 0.15) is 11.9 Å². The van der Waals surface area contributed by atoms with E-state index in [2.05, 4.69) is 0 Å². The van der Waals surface area contributed by atoms with Crippen LogP contribution in [-0.4, -0.2) is 30.5 Å². The first-order valence-electron chi connectivity index (χ1n) is 6.55. The summed E-state index contributed by atoms with van der Waals surface area (Å²) in [6, 6.07) is 9.64. The maximum absolute atomic E-state index is 13.0. The fraction of sp³-hybridized carbons (Fsp3) is 0.267. The zero-order valence-electron chi connectivity index (χ0n) is 11.1. The van der Waals surface area contributed by atoms with Crippen LogP contribution < -0.4 is 0 Å². The molecule has 1 unspecified atom stereocenters. The van der Waals surface area contributed by atoms with Crippen molar-refractivity contribution in [1.29, 1.82) is 0 Å². The number of hydrogen-bond acceptors (Lipinski definition) is 3. The van der Waals surface area contributed by atoms with Gasteiger partial charge in [-0.25, -0.2) is 4.39 Å². The molecule has 1 aromatic heterocycles. The average molecular weight is 326 g/mol. The van der Waals surface area contributed by atoms with Crippen LogP contribution in [0.1, 0.15) is 21.3 Å². The van der Waals surface area contributed by atoms with Crippen LogP contribution in [0.15, 0.2) is 36.4 Å². The van der Waals surface area contributed by atoms with E-state index in [-0.39, 0.29) is 17.8 Å². The van der Waals surface area contributed by atoms with Crippen molar-refractivity contribution in [2.75, 3.05) is 19.7 Å². The van der Waals surface area contributed by atoms with Gasteiger partial charge in [0, 0.05) is 6.54 Å². The molecular formula is C15H13ClFNO2S. The third kappa shape index (κ3) is 3.26. The molecule has 0 spiro atoms. The summed E-state index contributed by atoms with van der Waals surface area (Å²) in [5.74, 6) is -0.321. The molecule has 1 amide bonds. The molecule has 1 saturated heterocycles. The van der Waals surface area contributed by atoms with E-state index < -0.39 is 0 Å². The quantitative estimate of drug-likeness (QED) is 0.841. The number of rotatable bonds is 2. The van der Waals surface area contributed by atoms with Gasteiger partial charge in [-0.3, -0.25) is 4.79 Å². The number of morpholine rings is 1. The minimum atomic E-state index is -0.282. The molecule has 1 atom stereocenters. The van der Waals surface area contributed by atoms with Crippen LogP contribution >= 0.6 is 22.9 Å². The number of nitrogens with zero attached hydrogens (tertiary/aromatic N) is 1. The van der Waals surface area contributed by atoms with Crippen molar-refractivity contribution in [2.24, 2.45) is 0 Å². The summed E-state index contributed by atoms with van der Waals surface area (Å²) in [6.45, 7) is 1.47. The number of ether oxygens (including phenoxy) is 1. The Kier molecular flexibility index (Phi) is 4.24. The smallest absolute Gasteiger partial charge is 0.264 e. The average Bonchev–Trinajstić information content (AvgIpc) is 2.94. The number of hydrogen-bond donors (Lipinski definition) is 0. The van der Waals surface area contributed by atoms with Gasteiger partial charge in [-0.15, -0.1) is 11.3 Å². The first-order chi connectivity index (χ1) is 10.1. The van der Waals surface area contributed by atoms with Crippen molar-refractivity contribution in [1.82, 2.24) is 4.90 Å². The molecule has 0 radical (unpaired) electrons. The van der Waals surface area contributed by atoms with E-state index in [4.69, 9.17) is 16.3 Å². The molecule has 1 aliphatic rings. The lowest BCUT2D eigenvalue weighted by Crippen LogP contribution is -2.42. The Morgan fingerprint density at radius 3 is 2.71 bits per heavy atom. The molecule has 21 heavy (non-hydrogen) atoms. The summed E-state index contributed by atoms with van der Waals surface area (Å²) in [6.07, 6.45) is -0.223. The Morgan fingerprint density at radius 2 is 2.05 bits per heavy atom. The minimum absolute atomic E-state index is 0.0395. The van der Waals surface area contributed by atoms with Gasteiger partial charge in [-0.05, 0) is 29.8 Å². The molecule has 1 aliphatic heterocycles. The van der Waals surface area contributed by atoms with E-state index in [1.165, 1.54) is 23.5 Å². The normalized spacial score (nSPS) is 18.8. The van der Waals surface area contributed by atoms with E-state index in [0.717, 1.165) is 5.56 Å². The highest BCUT2D eigenvalue weighted by molar-refractivity contribution is 7.17. The first-order valence-corrected chi connectivity index (χ1v) is 7.74. The van der Waals surface area contributed by atoms with E-state index in [0.29, 0.717) is 28.9 Å². The van der Waals surface area contributed by atoms with Crippen molar-refractivity contribution >= 4 is 28.8 Å². The summed E-state index contributed by atoms with van der Waals surface area (Å²) < 4.78 is 19.3. The highest BCUT2D eigenvalue weighted by Crippen LogP contribution is 2.26. The third-order valence-corrected chi connectivity index (χ3v) is 4.60. The molecule has 3 rings (SSSR count). The zero-order chi connectivity index (χ0) is 14.8. The summed E-state index contributed by atoms with van der Waals surface area (Å²) in [5, 5.41) is 0. The van der Waals surface area contributed by atoms with Gasteiger partial charge in [0.25, 0.3) is 5.91 Å². The Balaban J connectivity index is 1.73. The van der Waals surface area contributed by atoms with Crippen molar-refractivity contribution < 1.29 is 13.9 Å². The zero-order valence-corrected chi connectivity index (χ0v) is 12.7. The van der Waals surface area contributed by atoms with Crippen LogP contribution in [0.25, 0.3) is 0 Å². The number of carbonyl (C=O) groups excluding carboxylic acids is 1. The summed E-state index contributed by atoms with van der Waals surface area (Å²) in [4.78, 5) is 14.8. The monoisotopic (exact) mass is 325 g/mol. The number of benzene rings is 1. The van der Waals surface area contributed by atoms with Crippen LogP contribution in [0.5, 0.6) is 0 Å². The molecule has 0 saturated carbocycles. The molecular weight excluding hydrogens is 313 g/mol. The van der Waals surface area contributed by atoms with E-state index in [1.807, 2.05) is 0 Å². The maximum atomic E-state index is 13.0. The fourth-order valence-electron chi connectivity index (χ4n) is 2.30. The lowest BCUT2D eigenvalue weighted by molar-refractivity contribution is -0.0226. The molecule has 6 heteroatoms. The second kappa shape index (κ2) is 6.13. The fourth-order valence-corrected chi connectivity index (χ4v) is 3.31. The number of carbonyl (C=O) groups is 1. The predicted molar refractivity (Wildman–Crippen MR) is 80.3 cm³/mol. The molecule has 3 nitrogen and oxygen atoms in total. The second-order valence-electron chi connectivity index (χ2n) is 4.77. The Bertz CT molecular complexity index is 643. The molecule has 110 valence electrons. The van der Waals surface area contributed by atoms with Crippen LogP contribution in [0.3, 0.4) is 0 Å². The number of amides is 1. The summed E-state index contributed by atoms with van der Waals surface area (Å²) in [5.41, 5.74) is 0.873. The topological polar surface area (TPSA) is 29.5 Å². The molecule has 0 aliphatic carbocycles. The lowest BCUT2D eigenvalue weighted by Gasteiger charge is -2.33. The SMILES string of the molecule is O=C(c1ccc(Cl)s1)N1CCOC(c2ccc(F)cc2)C1. The highest BCUT2D eigenvalue weighted by Gasteiger charge is 2.26. The highest BCUT2D eigenvalue weighted by atomic mass is 35.5. The minimum Gasteiger partial charge on any atom is -0.370 e. The molecule has 1 fully saturated rings. The Hall–Kier alpha value is -1.43. The largest absolute Gasteiger partial charge is 0.370 e. The molecule has 0 N–H and O–H groups in total. The standard InChI is InChI=1S/C15H13ClFNO2S/c16-14-6-5-13(21-14)15(19)18-7-8-20-12(9-18)10-1-3-11(17)4-2-10/h1-6,12H,7-9H2. The summed E-state index contributed by atoms with van der Waals surface area (Å²) >= 11 is 7.14. The van der Waals surface area contributed by atoms with Gasteiger partial charge >= 0.3 is 0 Å². The van der Waals surface area contributed by atoms with Crippen LogP contribution in [0.4, 0.5) is 4.39 Å². The molecule has 0 bridgehead atoms. The maximum Gasteiger partial charge on any atom is 0.264 e. The number of thiophene rings is 1. The van der Waals surface area contributed by atoms with Gasteiger partial charge in [0.05, 0.1) is 22.4 Å². The third-order valence-electron chi connectivity index (χ3n) is 3.38. The second-order valence-corrected chi connectivity index (χ2v) is 6.48. The van der Waals surface area contributed by atoms with Gasteiger partial charge < -0.3 is 9.64 Å². The van der Waals surface area contributed by atoms with Crippen LogP contribution in [0, 0.1) is 5.82 Å². The van der Waals surface area contributed by atoms with Crippen molar-refractivity contribution in [3.05, 3.63) is 57.0 Å². The Morgan fingerprint density at radius 1 is 1.29 bits per heavy atom. The van der Waals surface area contributed by atoms with Crippen molar-refractivity contribution in [3.63, 3.8) is 0 Å². The van der Waals surface area contributed by atoms with Gasteiger partial charge in [-0.1, -0.05) is 23.7 Å². The van der Waals surface area contributed by atoms with Gasteiger partial charge in [0.2, 0.25) is 0 Å². The molecule has 2 heterocycles. The molecule has 1 aromatic carbocycles. The van der Waals surface area contributed by atoms with Gasteiger partial charge in [-0.2, -0.15) is 0 Å². The van der Waals surface area contributed by atoms with Crippen LogP contribution in [-0.2, 0) is 4.74 Å². The van der Waals surface area contributed by atoms with Crippen molar-refractivity contribution in [3.8, 4) is 0 Å². The lowest BCUT2D eigenvalue weighted by atomic mass is 10.1. The first kappa shape index (κ1) is 14.5. The summed E-state index contributed by atoms with van der Waals surface area (Å²) in [7, 11) is 0. The molecule has 2 aromatic rings. The van der Waals surface area contributed by atoms with Gasteiger partial charge in [0.15, 0.2) is 0 Å². The van der Waals surface area contributed by atoms with E-state index in [1.54, 1.807) is 29.2 Å². The Labute approximate surface area is 130 Å². The van der Waals surface area contributed by atoms with E-state index in [9.17, 15) is 9.18 Å². The van der Waals surface area contributed by atoms with E-state index >= 15 is 0 Å².